The summed E-state index contributed by atoms with van der Waals surface area (Å²) in [5, 5.41) is 7.46. The van der Waals surface area contributed by atoms with Crippen LogP contribution in [0.5, 0.6) is 0 Å². The van der Waals surface area contributed by atoms with E-state index in [9.17, 15) is 0 Å². The van der Waals surface area contributed by atoms with Crippen LogP contribution in [0.15, 0.2) is 29.8 Å². The van der Waals surface area contributed by atoms with E-state index < -0.39 is 0 Å². The van der Waals surface area contributed by atoms with Gasteiger partial charge in [-0.25, -0.2) is 0 Å². The van der Waals surface area contributed by atoms with E-state index in [4.69, 9.17) is 5.41 Å². The molecule has 0 fully saturated rings. The van der Waals surface area contributed by atoms with Gasteiger partial charge >= 0.3 is 0 Å². The van der Waals surface area contributed by atoms with Crippen molar-refractivity contribution in [3.8, 4) is 0 Å². The molecule has 0 aromatic rings. The maximum absolute atomic E-state index is 7.46. The Labute approximate surface area is 67.9 Å². The standard InChI is InChI=1S/C9H14N2/c1-4-6-7-9(11-3)8(10)5-2/h4,6-7,10H,1,5H2,2-3H3/b7-6-,10-8?,11-9?. The van der Waals surface area contributed by atoms with Gasteiger partial charge in [0, 0.05) is 7.05 Å². The molecule has 0 spiro atoms. The maximum atomic E-state index is 7.46. The second-order valence-electron chi connectivity index (χ2n) is 2.04. The maximum Gasteiger partial charge on any atom is 0.0778 e. The minimum atomic E-state index is 0.561. The SMILES string of the molecule is C=C/C=C\C(=NC)C(=N)CC. The predicted molar refractivity (Wildman–Crippen MR) is 50.7 cm³/mol. The largest absolute Gasteiger partial charge is 0.303 e. The highest BCUT2D eigenvalue weighted by Crippen LogP contribution is 1.90. The smallest absolute Gasteiger partial charge is 0.0778 e. The van der Waals surface area contributed by atoms with Crippen LogP contribution in [-0.4, -0.2) is 18.5 Å². The third kappa shape index (κ3) is 3.50. The zero-order chi connectivity index (χ0) is 8.69. The van der Waals surface area contributed by atoms with Crippen molar-refractivity contribution >= 4 is 11.4 Å². The van der Waals surface area contributed by atoms with Gasteiger partial charge in [-0.15, -0.1) is 0 Å². The fraction of sp³-hybridized carbons (Fsp3) is 0.333. The summed E-state index contributed by atoms with van der Waals surface area (Å²) >= 11 is 0. The zero-order valence-corrected chi connectivity index (χ0v) is 7.09. The summed E-state index contributed by atoms with van der Waals surface area (Å²) in [4.78, 5) is 3.95. The third-order valence-electron chi connectivity index (χ3n) is 1.29. The number of hydrogen-bond donors (Lipinski definition) is 1. The van der Waals surface area contributed by atoms with Gasteiger partial charge in [-0.1, -0.05) is 25.7 Å². The first-order valence-electron chi connectivity index (χ1n) is 3.60. The van der Waals surface area contributed by atoms with E-state index >= 15 is 0 Å². The molecule has 60 valence electrons. The first-order chi connectivity index (χ1) is 5.26. The molecule has 0 saturated heterocycles. The number of nitrogens with one attached hydrogen (secondary N) is 1. The van der Waals surface area contributed by atoms with Crippen LogP contribution in [0.1, 0.15) is 13.3 Å². The van der Waals surface area contributed by atoms with Crippen LogP contribution < -0.4 is 0 Å². The summed E-state index contributed by atoms with van der Waals surface area (Å²) in [6, 6.07) is 0. The number of nitrogens with zero attached hydrogens (tertiary/aromatic N) is 1. The minimum Gasteiger partial charge on any atom is -0.303 e. The van der Waals surface area contributed by atoms with Crippen molar-refractivity contribution in [3.63, 3.8) is 0 Å². The van der Waals surface area contributed by atoms with Crippen LogP contribution in [0, 0.1) is 5.41 Å². The first kappa shape index (κ1) is 9.82. The minimum absolute atomic E-state index is 0.561. The van der Waals surface area contributed by atoms with E-state index in [-0.39, 0.29) is 0 Å². The lowest BCUT2D eigenvalue weighted by Crippen LogP contribution is -2.08. The molecule has 0 amide bonds. The van der Waals surface area contributed by atoms with E-state index in [1.165, 1.54) is 0 Å². The van der Waals surface area contributed by atoms with Crippen molar-refractivity contribution in [2.24, 2.45) is 4.99 Å². The van der Waals surface area contributed by atoms with Gasteiger partial charge in [0.25, 0.3) is 0 Å². The molecule has 2 nitrogen and oxygen atoms in total. The van der Waals surface area contributed by atoms with Crippen LogP contribution in [0.2, 0.25) is 0 Å². The molecular weight excluding hydrogens is 136 g/mol. The fourth-order valence-electron chi connectivity index (χ4n) is 0.650. The van der Waals surface area contributed by atoms with Gasteiger partial charge in [0.1, 0.15) is 0 Å². The second-order valence-corrected chi connectivity index (χ2v) is 2.04. The molecule has 2 heteroatoms. The highest BCUT2D eigenvalue weighted by Gasteiger charge is 1.97. The quantitative estimate of drug-likeness (QED) is 0.471. The number of hydrogen-bond acceptors (Lipinski definition) is 2. The van der Waals surface area contributed by atoms with Crippen molar-refractivity contribution in [2.75, 3.05) is 7.05 Å². The molecule has 0 aliphatic heterocycles. The van der Waals surface area contributed by atoms with E-state index in [2.05, 4.69) is 11.6 Å². The first-order valence-corrected chi connectivity index (χ1v) is 3.60. The Hall–Kier alpha value is -1.18. The molecule has 0 heterocycles. The fourth-order valence-corrected chi connectivity index (χ4v) is 0.650. The van der Waals surface area contributed by atoms with Gasteiger partial charge in [0.2, 0.25) is 0 Å². The van der Waals surface area contributed by atoms with Gasteiger partial charge in [-0.05, 0) is 12.5 Å². The monoisotopic (exact) mass is 150 g/mol. The Morgan fingerprint density at radius 1 is 1.64 bits per heavy atom. The highest BCUT2D eigenvalue weighted by atomic mass is 14.7. The zero-order valence-electron chi connectivity index (χ0n) is 7.09. The van der Waals surface area contributed by atoms with Gasteiger partial charge in [-0.2, -0.15) is 0 Å². The van der Waals surface area contributed by atoms with Crippen LogP contribution in [-0.2, 0) is 0 Å². The van der Waals surface area contributed by atoms with Crippen molar-refractivity contribution < 1.29 is 0 Å². The Morgan fingerprint density at radius 3 is 2.64 bits per heavy atom. The summed E-state index contributed by atoms with van der Waals surface area (Å²) in [6.45, 7) is 5.48. The van der Waals surface area contributed by atoms with Gasteiger partial charge in [0.15, 0.2) is 0 Å². The average Bonchev–Trinajstić information content (AvgIpc) is 2.05. The van der Waals surface area contributed by atoms with Gasteiger partial charge in [-0.3, -0.25) is 4.99 Å². The Balaban J connectivity index is 4.31. The topological polar surface area (TPSA) is 36.2 Å². The molecule has 0 rings (SSSR count). The molecule has 0 atom stereocenters. The summed E-state index contributed by atoms with van der Waals surface area (Å²) in [5.74, 6) is 0. The molecule has 1 N–H and O–H groups in total. The average molecular weight is 150 g/mol. The van der Waals surface area contributed by atoms with Crippen molar-refractivity contribution in [2.45, 2.75) is 13.3 Å². The van der Waals surface area contributed by atoms with E-state index in [0.717, 1.165) is 5.71 Å². The number of rotatable bonds is 4. The molecule has 0 aromatic heterocycles. The lowest BCUT2D eigenvalue weighted by atomic mass is 10.2. The van der Waals surface area contributed by atoms with E-state index in [1.54, 1.807) is 25.3 Å². The molecule has 0 bridgehead atoms. The molecule has 0 unspecified atom stereocenters. The summed E-state index contributed by atoms with van der Waals surface area (Å²) in [6.07, 6.45) is 5.97. The molecule has 11 heavy (non-hydrogen) atoms. The Kier molecular flexibility index (Phi) is 4.99. The lowest BCUT2D eigenvalue weighted by Gasteiger charge is -1.97. The van der Waals surface area contributed by atoms with Crippen molar-refractivity contribution in [1.29, 1.82) is 5.41 Å². The molecule has 0 radical (unpaired) electrons. The summed E-state index contributed by atoms with van der Waals surface area (Å²) < 4.78 is 0. The Morgan fingerprint density at radius 2 is 2.27 bits per heavy atom. The molecule has 0 aromatic carbocycles. The second kappa shape index (κ2) is 5.59. The summed E-state index contributed by atoms with van der Waals surface area (Å²) in [5.41, 5.74) is 1.29. The Bertz CT molecular complexity index is 200. The molecule has 0 saturated carbocycles. The third-order valence-corrected chi connectivity index (χ3v) is 1.29. The normalized spacial score (nSPS) is 12.0. The lowest BCUT2D eigenvalue weighted by molar-refractivity contribution is 1.26. The van der Waals surface area contributed by atoms with Crippen molar-refractivity contribution in [1.82, 2.24) is 0 Å². The van der Waals surface area contributed by atoms with E-state index in [0.29, 0.717) is 12.1 Å². The van der Waals surface area contributed by atoms with Crippen LogP contribution in [0.3, 0.4) is 0 Å². The number of aliphatic imine (C=N–C) groups is 1. The highest BCUT2D eigenvalue weighted by molar-refractivity contribution is 6.45. The predicted octanol–water partition coefficient (Wildman–Crippen LogP) is 2.23. The van der Waals surface area contributed by atoms with E-state index in [1.807, 2.05) is 6.92 Å². The molecule has 0 aliphatic rings. The molecule has 0 aliphatic carbocycles. The van der Waals surface area contributed by atoms with Crippen LogP contribution >= 0.6 is 0 Å². The van der Waals surface area contributed by atoms with Crippen molar-refractivity contribution in [3.05, 3.63) is 24.8 Å². The van der Waals surface area contributed by atoms with Gasteiger partial charge < -0.3 is 5.41 Å². The van der Waals surface area contributed by atoms with Crippen LogP contribution in [0.4, 0.5) is 0 Å². The number of allylic oxidation sites excluding steroid dienone is 3. The summed E-state index contributed by atoms with van der Waals surface area (Å²) in [7, 11) is 1.69. The van der Waals surface area contributed by atoms with Crippen LogP contribution in [0.25, 0.3) is 0 Å². The molecular formula is C9H14N2. The van der Waals surface area contributed by atoms with Gasteiger partial charge in [0.05, 0.1) is 11.4 Å².